The fraction of sp³-hybridized carbons (Fsp3) is 0.625. The minimum atomic E-state index is -1.83. The topological polar surface area (TPSA) is 140 Å². The Balaban J connectivity index is 2.12. The number of hydrogen-bond donors (Lipinski definition) is 6. The van der Waals surface area contributed by atoms with E-state index in [0.29, 0.717) is 26.1 Å². The lowest BCUT2D eigenvalue weighted by molar-refractivity contribution is -0.149. The number of benzene rings is 2. The summed E-state index contributed by atoms with van der Waals surface area (Å²) in [4.78, 5) is 0. The van der Waals surface area contributed by atoms with Gasteiger partial charge in [0.15, 0.2) is 0 Å². The molecule has 3 unspecified atom stereocenters. The summed E-state index contributed by atoms with van der Waals surface area (Å²) < 4.78 is 11.5. The van der Waals surface area contributed by atoms with Gasteiger partial charge >= 0.3 is 0 Å². The van der Waals surface area contributed by atoms with Gasteiger partial charge in [-0.2, -0.15) is 0 Å². The van der Waals surface area contributed by atoms with Gasteiger partial charge in [-0.05, 0) is 79.3 Å². The molecule has 0 fully saturated rings. The van der Waals surface area contributed by atoms with Crippen LogP contribution in [0.3, 0.4) is 0 Å². The molecule has 0 aliphatic rings. The summed E-state index contributed by atoms with van der Waals surface area (Å²) in [6, 6.07) is 15.6. The summed E-state index contributed by atoms with van der Waals surface area (Å²) in [5.41, 5.74) is 2.06. The van der Waals surface area contributed by atoms with E-state index < -0.39 is 43.0 Å². The Morgan fingerprint density at radius 2 is 1.07 bits per heavy atom. The van der Waals surface area contributed by atoms with Crippen molar-refractivity contribution in [1.29, 1.82) is 0 Å². The van der Waals surface area contributed by atoms with E-state index in [1.807, 2.05) is 48.5 Å². The van der Waals surface area contributed by atoms with Gasteiger partial charge in [0.1, 0.15) is 35.9 Å². The Hall–Kier alpha value is -2.20. The van der Waals surface area contributed by atoms with E-state index in [-0.39, 0.29) is 5.92 Å². The number of ether oxygens (including phenoxy) is 2. The molecule has 8 nitrogen and oxygen atoms in total. The molecule has 0 heterocycles. The first-order valence-electron chi connectivity index (χ1n) is 14.6. The van der Waals surface area contributed by atoms with E-state index in [2.05, 4.69) is 20.8 Å². The second kappa shape index (κ2) is 18.3. The van der Waals surface area contributed by atoms with Crippen LogP contribution in [0.1, 0.15) is 64.0 Å². The van der Waals surface area contributed by atoms with Crippen LogP contribution in [-0.2, 0) is 12.8 Å². The van der Waals surface area contributed by atoms with Crippen molar-refractivity contribution in [3.8, 4) is 11.5 Å². The third-order valence-electron chi connectivity index (χ3n) is 7.28. The van der Waals surface area contributed by atoms with Crippen LogP contribution in [0.2, 0.25) is 0 Å². The molecule has 7 atom stereocenters. The van der Waals surface area contributed by atoms with Gasteiger partial charge < -0.3 is 40.1 Å². The highest BCUT2D eigenvalue weighted by Gasteiger charge is 2.37. The molecule has 0 aliphatic carbocycles. The van der Waals surface area contributed by atoms with Crippen molar-refractivity contribution in [3.63, 3.8) is 0 Å². The highest BCUT2D eigenvalue weighted by molar-refractivity contribution is 5.28. The Labute approximate surface area is 239 Å². The SMILES string of the molecule is CCCCOc1ccc(CC(C)CC(Cc2ccc(OCCCC)cc2)C(O)[C@@H](O)[C@@H](O)[C@H](O)[C@@H](O)CO)cc1. The largest absolute Gasteiger partial charge is 0.494 e. The van der Waals surface area contributed by atoms with Crippen molar-refractivity contribution in [3.05, 3.63) is 59.7 Å². The average Bonchev–Trinajstić information content (AvgIpc) is 2.96. The Morgan fingerprint density at radius 3 is 1.52 bits per heavy atom. The smallest absolute Gasteiger partial charge is 0.119 e. The van der Waals surface area contributed by atoms with Crippen LogP contribution in [0.4, 0.5) is 0 Å². The molecule has 0 spiro atoms. The van der Waals surface area contributed by atoms with Crippen LogP contribution in [0.15, 0.2) is 48.5 Å². The second-order valence-corrected chi connectivity index (χ2v) is 10.9. The first kappa shape index (κ1) is 34.0. The standard InChI is InChI=1S/C32H50O8/c1-4-6-16-39-26-12-8-23(9-13-26)18-22(3)19-25(29(35)31(37)32(38)30(36)28(34)21-33)20-24-10-14-27(15-11-24)40-17-7-5-2/h8-15,22,25,28-38H,4-7,16-21H2,1-3H3/t22?,25?,28-,29?,30+,31+,32-/m0/s1. The number of aliphatic hydroxyl groups excluding tert-OH is 6. The molecule has 2 rings (SSSR count). The van der Waals surface area contributed by atoms with Gasteiger partial charge in [-0.15, -0.1) is 0 Å². The van der Waals surface area contributed by atoms with Crippen molar-refractivity contribution >= 4 is 0 Å². The third kappa shape index (κ3) is 11.4. The van der Waals surface area contributed by atoms with Crippen LogP contribution in [0.5, 0.6) is 11.5 Å². The molecular formula is C32H50O8. The zero-order valence-corrected chi connectivity index (χ0v) is 24.2. The maximum Gasteiger partial charge on any atom is 0.119 e. The summed E-state index contributed by atoms with van der Waals surface area (Å²) in [6.45, 7) is 6.85. The first-order chi connectivity index (χ1) is 19.2. The van der Waals surface area contributed by atoms with Gasteiger partial charge in [-0.25, -0.2) is 0 Å². The molecule has 6 N–H and O–H groups in total. The van der Waals surface area contributed by atoms with Gasteiger partial charge in [-0.3, -0.25) is 0 Å². The molecule has 0 amide bonds. The molecule has 226 valence electrons. The highest BCUT2D eigenvalue weighted by atomic mass is 16.5. The van der Waals surface area contributed by atoms with E-state index in [9.17, 15) is 25.5 Å². The van der Waals surface area contributed by atoms with Gasteiger partial charge in [0.25, 0.3) is 0 Å². The summed E-state index contributed by atoms with van der Waals surface area (Å²) in [7, 11) is 0. The molecule has 0 radical (unpaired) electrons. The predicted octanol–water partition coefficient (Wildman–Crippen LogP) is 3.27. The molecule has 0 aromatic heterocycles. The van der Waals surface area contributed by atoms with Crippen molar-refractivity contribution in [2.75, 3.05) is 19.8 Å². The van der Waals surface area contributed by atoms with Crippen LogP contribution in [-0.4, -0.2) is 81.0 Å². The Morgan fingerprint density at radius 1 is 0.625 bits per heavy atom. The molecule has 40 heavy (non-hydrogen) atoms. The summed E-state index contributed by atoms with van der Waals surface area (Å²) >= 11 is 0. The van der Waals surface area contributed by atoms with Crippen LogP contribution in [0, 0.1) is 11.8 Å². The van der Waals surface area contributed by atoms with E-state index in [0.717, 1.165) is 54.7 Å². The lowest BCUT2D eigenvalue weighted by Gasteiger charge is -2.33. The normalized spacial score (nSPS) is 16.9. The van der Waals surface area contributed by atoms with E-state index in [1.54, 1.807) is 0 Å². The number of unbranched alkanes of at least 4 members (excludes halogenated alkanes) is 2. The predicted molar refractivity (Wildman–Crippen MR) is 155 cm³/mol. The molecule has 2 aromatic carbocycles. The summed E-state index contributed by atoms with van der Waals surface area (Å²) in [6.07, 6.45) is -2.56. The second-order valence-electron chi connectivity index (χ2n) is 10.9. The zero-order valence-electron chi connectivity index (χ0n) is 24.2. The monoisotopic (exact) mass is 562 g/mol. The van der Waals surface area contributed by atoms with Crippen LogP contribution < -0.4 is 9.47 Å². The maximum absolute atomic E-state index is 11.2. The highest BCUT2D eigenvalue weighted by Crippen LogP contribution is 2.28. The van der Waals surface area contributed by atoms with E-state index >= 15 is 0 Å². The van der Waals surface area contributed by atoms with Gasteiger partial charge in [-0.1, -0.05) is 57.9 Å². The molecule has 0 bridgehead atoms. The van der Waals surface area contributed by atoms with Crippen LogP contribution in [0.25, 0.3) is 0 Å². The Kier molecular flexibility index (Phi) is 15.5. The molecule has 2 aromatic rings. The van der Waals surface area contributed by atoms with Crippen molar-refractivity contribution < 1.29 is 40.1 Å². The van der Waals surface area contributed by atoms with Crippen molar-refractivity contribution in [1.82, 2.24) is 0 Å². The number of rotatable bonds is 20. The summed E-state index contributed by atoms with van der Waals surface area (Å²) in [5.74, 6) is 1.27. The minimum absolute atomic E-state index is 0.125. The van der Waals surface area contributed by atoms with Gasteiger partial charge in [0.2, 0.25) is 0 Å². The van der Waals surface area contributed by atoms with Crippen LogP contribution >= 0.6 is 0 Å². The van der Waals surface area contributed by atoms with Gasteiger partial charge in [0.05, 0.1) is 25.9 Å². The zero-order chi connectivity index (χ0) is 29.5. The van der Waals surface area contributed by atoms with Gasteiger partial charge in [0, 0.05) is 0 Å². The lowest BCUT2D eigenvalue weighted by Crippen LogP contribution is -2.52. The molecule has 0 saturated carbocycles. The Bertz CT molecular complexity index is 920. The lowest BCUT2D eigenvalue weighted by atomic mass is 9.80. The quantitative estimate of drug-likeness (QED) is 0.135. The fourth-order valence-electron chi connectivity index (χ4n) is 4.78. The number of aliphatic hydroxyl groups is 6. The third-order valence-corrected chi connectivity index (χ3v) is 7.28. The summed E-state index contributed by atoms with van der Waals surface area (Å²) in [5, 5.41) is 61.3. The maximum atomic E-state index is 11.2. The average molecular weight is 563 g/mol. The first-order valence-corrected chi connectivity index (χ1v) is 14.6. The van der Waals surface area contributed by atoms with Crippen molar-refractivity contribution in [2.45, 2.75) is 96.2 Å². The molecule has 0 aliphatic heterocycles. The molecular weight excluding hydrogens is 512 g/mol. The molecule has 0 saturated heterocycles. The molecule has 8 heteroatoms. The van der Waals surface area contributed by atoms with E-state index in [1.165, 1.54) is 0 Å². The minimum Gasteiger partial charge on any atom is -0.494 e. The van der Waals surface area contributed by atoms with E-state index in [4.69, 9.17) is 14.6 Å². The van der Waals surface area contributed by atoms with Crippen molar-refractivity contribution in [2.24, 2.45) is 11.8 Å². The number of hydrogen-bond acceptors (Lipinski definition) is 8. The fourth-order valence-corrected chi connectivity index (χ4v) is 4.78.